The molecule has 2 rings (SSSR count). The normalized spacial score (nSPS) is 12.3. The Balaban J connectivity index is 0.00000338. The molecule has 0 aliphatic heterocycles. The van der Waals surface area contributed by atoms with E-state index in [1.165, 1.54) is 11.1 Å². The highest BCUT2D eigenvalue weighted by Gasteiger charge is 2.07. The average molecular weight is 485 g/mol. The number of benzene rings is 2. The van der Waals surface area contributed by atoms with Gasteiger partial charge < -0.3 is 11.1 Å². The van der Waals surface area contributed by atoms with Gasteiger partial charge >= 0.3 is 0 Å². The van der Waals surface area contributed by atoms with Crippen molar-refractivity contribution in [1.29, 1.82) is 0 Å². The Labute approximate surface area is 176 Å². The van der Waals surface area contributed by atoms with Crippen molar-refractivity contribution in [3.63, 3.8) is 0 Å². The lowest BCUT2D eigenvalue weighted by Crippen LogP contribution is -2.25. The van der Waals surface area contributed by atoms with Crippen LogP contribution in [0, 0.1) is 0 Å². The highest BCUT2D eigenvalue weighted by atomic mass is 127. The van der Waals surface area contributed by atoms with E-state index in [1.807, 2.05) is 30.3 Å². The minimum atomic E-state index is -0.936. The molecule has 2 aromatic carbocycles. The average Bonchev–Trinajstić information content (AvgIpc) is 2.62. The van der Waals surface area contributed by atoms with Crippen LogP contribution in [0.25, 0.3) is 0 Å². The number of nitrogens with two attached hydrogens (primary N) is 1. The third kappa shape index (κ3) is 7.07. The van der Waals surface area contributed by atoms with Crippen molar-refractivity contribution in [3.05, 3.63) is 65.2 Å². The summed E-state index contributed by atoms with van der Waals surface area (Å²) in [6.45, 7) is 4.70. The van der Waals surface area contributed by atoms with Crippen molar-refractivity contribution in [3.8, 4) is 0 Å². The summed E-state index contributed by atoms with van der Waals surface area (Å²) >= 11 is 0. The molecule has 4 nitrogen and oxygen atoms in total. The first-order valence-electron chi connectivity index (χ1n) is 8.70. The van der Waals surface area contributed by atoms with Crippen LogP contribution in [0.1, 0.15) is 30.5 Å². The number of hydrogen-bond donors (Lipinski definition) is 2. The molecule has 0 heterocycles. The third-order valence-electron chi connectivity index (χ3n) is 4.02. The lowest BCUT2D eigenvalue weighted by atomic mass is 10.0. The van der Waals surface area contributed by atoms with E-state index >= 15 is 0 Å². The molecule has 142 valence electrons. The first-order chi connectivity index (χ1) is 12.1. The van der Waals surface area contributed by atoms with Gasteiger partial charge in [0.25, 0.3) is 0 Å². The molecule has 0 aliphatic rings. The topological polar surface area (TPSA) is 67.5 Å². The number of nitrogens with one attached hydrogen (secondary N) is 1. The molecule has 6 heteroatoms. The fourth-order valence-corrected chi connectivity index (χ4v) is 3.67. The summed E-state index contributed by atoms with van der Waals surface area (Å²) in [6.07, 6.45) is 1.87. The lowest BCUT2D eigenvalue weighted by Gasteiger charge is -2.14. The van der Waals surface area contributed by atoms with Gasteiger partial charge in [-0.15, -0.1) is 24.0 Å². The van der Waals surface area contributed by atoms with Crippen LogP contribution in [-0.4, -0.2) is 22.5 Å². The Bertz CT molecular complexity index is 713. The zero-order valence-corrected chi connectivity index (χ0v) is 18.6. The molecule has 1 unspecified atom stereocenters. The van der Waals surface area contributed by atoms with Gasteiger partial charge in [-0.05, 0) is 29.5 Å². The predicted molar refractivity (Wildman–Crippen MR) is 124 cm³/mol. The number of halogens is 1. The van der Waals surface area contributed by atoms with Crippen LogP contribution in [0.2, 0.25) is 0 Å². The summed E-state index contributed by atoms with van der Waals surface area (Å²) in [5.41, 5.74) is 10.6. The third-order valence-corrected chi connectivity index (χ3v) is 5.32. The van der Waals surface area contributed by atoms with E-state index in [1.54, 1.807) is 0 Å². The minimum absolute atomic E-state index is 0. The number of nitrogens with zero attached hydrogens (tertiary/aromatic N) is 1. The molecule has 0 saturated carbocycles. The molecule has 0 amide bonds. The Hall–Kier alpha value is -1.41. The van der Waals surface area contributed by atoms with Gasteiger partial charge in [0.1, 0.15) is 0 Å². The van der Waals surface area contributed by atoms with E-state index in [0.717, 1.165) is 24.1 Å². The van der Waals surface area contributed by atoms with Gasteiger partial charge in [0, 0.05) is 28.0 Å². The van der Waals surface area contributed by atoms with Crippen molar-refractivity contribution in [1.82, 2.24) is 0 Å². The zero-order valence-electron chi connectivity index (χ0n) is 15.4. The smallest absolute Gasteiger partial charge is 0.193 e. The Morgan fingerprint density at radius 2 is 1.65 bits per heavy atom. The molecule has 0 spiro atoms. The zero-order chi connectivity index (χ0) is 18.1. The van der Waals surface area contributed by atoms with Crippen molar-refractivity contribution in [2.24, 2.45) is 10.7 Å². The number of para-hydroxylation sites is 1. The van der Waals surface area contributed by atoms with Gasteiger partial charge in [0.05, 0.1) is 6.54 Å². The first kappa shape index (κ1) is 22.6. The molecular weight excluding hydrogens is 457 g/mol. The fourth-order valence-electron chi connectivity index (χ4n) is 2.67. The summed E-state index contributed by atoms with van der Waals surface area (Å²) in [5.74, 6) is 1.45. The fraction of sp³-hybridized carbons (Fsp3) is 0.350. The second-order valence-corrected chi connectivity index (χ2v) is 7.40. The summed E-state index contributed by atoms with van der Waals surface area (Å²) in [5, 5.41) is 3.23. The Kier molecular flexibility index (Phi) is 10.5. The van der Waals surface area contributed by atoms with Crippen LogP contribution in [-0.2, 0) is 29.4 Å². The molecular formula is C20H28IN3OS. The van der Waals surface area contributed by atoms with Crippen molar-refractivity contribution in [2.45, 2.75) is 32.4 Å². The predicted octanol–water partition coefficient (Wildman–Crippen LogP) is 4.10. The maximum atomic E-state index is 12.1. The van der Waals surface area contributed by atoms with Gasteiger partial charge in [0.15, 0.2) is 5.96 Å². The van der Waals surface area contributed by atoms with Crippen molar-refractivity contribution in [2.75, 3.05) is 17.6 Å². The van der Waals surface area contributed by atoms with Crippen LogP contribution >= 0.6 is 24.0 Å². The van der Waals surface area contributed by atoms with Crippen LogP contribution in [0.4, 0.5) is 5.69 Å². The Morgan fingerprint density at radius 1 is 1.04 bits per heavy atom. The molecule has 3 N–H and O–H groups in total. The van der Waals surface area contributed by atoms with E-state index in [2.05, 4.69) is 42.4 Å². The standard InChI is InChI=1S/C20H27N3OS.HI/c1-3-17-11-8-12-18(4-2)19(17)23-20(21)22-13-14-25(24)15-16-9-6-5-7-10-16;/h5-12H,3-4,13-15H2,1-2H3,(H3,21,22,23);1H. The molecule has 1 atom stereocenters. The van der Waals surface area contributed by atoms with Crippen LogP contribution in [0.3, 0.4) is 0 Å². The van der Waals surface area contributed by atoms with Crippen molar-refractivity contribution < 1.29 is 4.21 Å². The molecule has 0 saturated heterocycles. The van der Waals surface area contributed by atoms with E-state index < -0.39 is 10.8 Å². The summed E-state index contributed by atoms with van der Waals surface area (Å²) in [6, 6.07) is 16.1. The van der Waals surface area contributed by atoms with Crippen molar-refractivity contribution >= 4 is 46.4 Å². The maximum Gasteiger partial charge on any atom is 0.193 e. The molecule has 0 bridgehead atoms. The van der Waals surface area contributed by atoms with E-state index in [0.29, 0.717) is 24.0 Å². The number of aliphatic imine (C=N–C) groups is 1. The van der Waals surface area contributed by atoms with E-state index in [-0.39, 0.29) is 24.0 Å². The Morgan fingerprint density at radius 3 is 2.23 bits per heavy atom. The molecule has 0 aliphatic carbocycles. The highest BCUT2D eigenvalue weighted by molar-refractivity contribution is 14.0. The molecule has 0 fully saturated rings. The van der Waals surface area contributed by atoms with Gasteiger partial charge in [-0.3, -0.25) is 9.20 Å². The number of guanidine groups is 1. The van der Waals surface area contributed by atoms with Gasteiger partial charge in [0.2, 0.25) is 0 Å². The monoisotopic (exact) mass is 485 g/mol. The molecule has 2 aromatic rings. The molecule has 0 radical (unpaired) electrons. The number of aryl methyl sites for hydroxylation is 2. The van der Waals surface area contributed by atoms with E-state index in [9.17, 15) is 4.21 Å². The molecule has 26 heavy (non-hydrogen) atoms. The second-order valence-electron chi connectivity index (χ2n) is 5.82. The highest BCUT2D eigenvalue weighted by Crippen LogP contribution is 2.22. The number of anilines is 1. The van der Waals surface area contributed by atoms with Crippen LogP contribution in [0.5, 0.6) is 0 Å². The number of rotatable bonds is 8. The molecule has 0 aromatic heterocycles. The quantitative estimate of drug-likeness (QED) is 0.336. The largest absolute Gasteiger partial charge is 0.370 e. The van der Waals surface area contributed by atoms with Crippen LogP contribution in [0.15, 0.2) is 53.5 Å². The SMILES string of the molecule is CCc1cccc(CC)c1NC(N)=NCCS(=O)Cc1ccccc1.I. The summed E-state index contributed by atoms with van der Waals surface area (Å²) < 4.78 is 12.1. The second kappa shape index (κ2) is 12.1. The minimum Gasteiger partial charge on any atom is -0.370 e. The summed E-state index contributed by atoms with van der Waals surface area (Å²) in [4.78, 5) is 4.34. The van der Waals surface area contributed by atoms with Crippen LogP contribution < -0.4 is 11.1 Å². The first-order valence-corrected chi connectivity index (χ1v) is 10.2. The lowest BCUT2D eigenvalue weighted by molar-refractivity contribution is 0.682. The number of hydrogen-bond acceptors (Lipinski definition) is 2. The van der Waals surface area contributed by atoms with Gasteiger partial charge in [-0.2, -0.15) is 0 Å². The van der Waals surface area contributed by atoms with E-state index in [4.69, 9.17) is 5.73 Å². The maximum absolute atomic E-state index is 12.1. The van der Waals surface area contributed by atoms with Gasteiger partial charge in [-0.1, -0.05) is 62.4 Å². The van der Waals surface area contributed by atoms with Gasteiger partial charge in [-0.25, -0.2) is 0 Å². The summed E-state index contributed by atoms with van der Waals surface area (Å²) in [7, 11) is -0.936.